The zero-order valence-electron chi connectivity index (χ0n) is 14.4. The van der Waals surface area contributed by atoms with Crippen molar-refractivity contribution in [1.82, 2.24) is 4.72 Å². The molecule has 0 unspecified atom stereocenters. The van der Waals surface area contributed by atoms with Crippen LogP contribution in [0.3, 0.4) is 0 Å². The number of hydrogen-bond donors (Lipinski definition) is 2. The molecule has 1 amide bonds. The summed E-state index contributed by atoms with van der Waals surface area (Å²) >= 11 is 1.07. The summed E-state index contributed by atoms with van der Waals surface area (Å²) in [6.45, 7) is 1.29. The molecule has 0 aliphatic rings. The zero-order chi connectivity index (χ0) is 20.0. The van der Waals surface area contributed by atoms with E-state index >= 15 is 0 Å². The van der Waals surface area contributed by atoms with Gasteiger partial charge in [0.05, 0.1) is 4.90 Å². The van der Waals surface area contributed by atoms with Crippen LogP contribution in [0.15, 0.2) is 46.2 Å². The van der Waals surface area contributed by atoms with Crippen molar-refractivity contribution in [1.29, 1.82) is 0 Å². The van der Waals surface area contributed by atoms with E-state index in [1.165, 1.54) is 12.1 Å². The molecule has 0 aliphatic carbocycles. The van der Waals surface area contributed by atoms with E-state index in [-0.39, 0.29) is 22.1 Å². The molecule has 0 heterocycles. The van der Waals surface area contributed by atoms with Gasteiger partial charge in [-0.3, -0.25) is 4.79 Å². The van der Waals surface area contributed by atoms with Gasteiger partial charge < -0.3 is 10.5 Å². The Balaban J connectivity index is 1.91. The average molecular weight is 416 g/mol. The van der Waals surface area contributed by atoms with E-state index in [2.05, 4.69) is 9.46 Å². The zero-order valence-corrected chi connectivity index (χ0v) is 16.0. The largest absolute Gasteiger partial charge is 0.478 e. The summed E-state index contributed by atoms with van der Waals surface area (Å²) in [6.07, 6.45) is 0. The van der Waals surface area contributed by atoms with Crippen molar-refractivity contribution < 1.29 is 26.7 Å². The van der Waals surface area contributed by atoms with Crippen molar-refractivity contribution in [2.45, 2.75) is 16.7 Å². The number of halogens is 2. The van der Waals surface area contributed by atoms with Gasteiger partial charge in [0.1, 0.15) is 0 Å². The highest BCUT2D eigenvalue weighted by Gasteiger charge is 2.15. The van der Waals surface area contributed by atoms with Gasteiger partial charge in [-0.05, 0) is 31.2 Å². The predicted octanol–water partition coefficient (Wildman–Crippen LogP) is 2.21. The number of primary amides is 1. The lowest BCUT2D eigenvalue weighted by Crippen LogP contribution is -2.26. The van der Waals surface area contributed by atoms with Crippen LogP contribution < -0.4 is 15.2 Å². The lowest BCUT2D eigenvalue weighted by molar-refractivity contribution is -0.120. The number of sulfonamides is 1. The van der Waals surface area contributed by atoms with Crippen LogP contribution in [0.2, 0.25) is 0 Å². The lowest BCUT2D eigenvalue weighted by atomic mass is 10.2. The van der Waals surface area contributed by atoms with Crippen molar-refractivity contribution in [3.8, 4) is 5.75 Å². The molecule has 0 radical (unpaired) electrons. The lowest BCUT2D eigenvalue weighted by Gasteiger charge is -2.09. The Kier molecular flexibility index (Phi) is 7.17. The van der Waals surface area contributed by atoms with Crippen molar-refractivity contribution in [2.24, 2.45) is 5.73 Å². The Morgan fingerprint density at radius 1 is 1.19 bits per heavy atom. The smallest absolute Gasteiger partial charge is 0.255 e. The maximum absolute atomic E-state index is 13.9. The van der Waals surface area contributed by atoms with Crippen LogP contribution in [0.4, 0.5) is 8.78 Å². The normalized spacial score (nSPS) is 11.4. The number of benzene rings is 2. The van der Waals surface area contributed by atoms with Crippen LogP contribution >= 0.6 is 11.8 Å². The second kappa shape index (κ2) is 9.16. The molecule has 6 nitrogen and oxygen atoms in total. The van der Waals surface area contributed by atoms with Crippen LogP contribution in [-0.4, -0.2) is 33.2 Å². The minimum Gasteiger partial charge on any atom is -0.478 e. The minimum absolute atomic E-state index is 0.0735. The van der Waals surface area contributed by atoms with E-state index in [9.17, 15) is 22.0 Å². The molecular formula is C17H18F2N2O4S2. The van der Waals surface area contributed by atoms with Crippen molar-refractivity contribution in [3.63, 3.8) is 0 Å². The fraction of sp³-hybridized carbons (Fsp3) is 0.235. The molecule has 0 spiro atoms. The molecule has 0 fully saturated rings. The van der Waals surface area contributed by atoms with E-state index in [1.54, 1.807) is 12.1 Å². The van der Waals surface area contributed by atoms with E-state index in [1.807, 2.05) is 6.92 Å². The molecule has 146 valence electrons. The molecule has 0 bridgehead atoms. The second-order valence-electron chi connectivity index (χ2n) is 5.53. The maximum atomic E-state index is 13.9. The van der Waals surface area contributed by atoms with Crippen molar-refractivity contribution >= 4 is 27.7 Å². The number of rotatable bonds is 9. The molecule has 0 atom stereocenters. The van der Waals surface area contributed by atoms with Crippen LogP contribution in [0, 0.1) is 18.6 Å². The number of hydrogen-bond acceptors (Lipinski definition) is 5. The molecule has 2 aromatic carbocycles. The van der Waals surface area contributed by atoms with Gasteiger partial charge in [0.15, 0.2) is 24.0 Å². The average Bonchev–Trinajstić information content (AvgIpc) is 2.58. The summed E-state index contributed by atoms with van der Waals surface area (Å²) in [5.41, 5.74) is 5.81. The molecule has 3 N–H and O–H groups in total. The molecule has 10 heteroatoms. The first kappa shape index (κ1) is 21.1. The fourth-order valence-corrected chi connectivity index (χ4v) is 4.02. The van der Waals surface area contributed by atoms with Crippen LogP contribution in [0.5, 0.6) is 5.75 Å². The predicted molar refractivity (Wildman–Crippen MR) is 98.1 cm³/mol. The Morgan fingerprint density at radius 2 is 1.78 bits per heavy atom. The molecule has 2 rings (SSSR count). The van der Waals surface area contributed by atoms with Gasteiger partial charge in [-0.2, -0.15) is 0 Å². The van der Waals surface area contributed by atoms with E-state index < -0.39 is 39.9 Å². The standard InChI is InChI=1S/C17H18F2N2O4S2/c1-11-2-4-13(5-3-11)27(23,24)21-6-7-26-12-8-14(18)17(15(19)9-12)25-10-16(20)22/h2-5,8-9,21H,6-7,10H2,1H3,(H2,20,22). The van der Waals surface area contributed by atoms with Gasteiger partial charge in [-0.1, -0.05) is 17.7 Å². The first-order valence-electron chi connectivity index (χ1n) is 7.78. The summed E-state index contributed by atoms with van der Waals surface area (Å²) < 4.78 is 59.1. The number of aryl methyl sites for hydroxylation is 1. The molecule has 2 aromatic rings. The quantitative estimate of drug-likeness (QED) is 0.482. The highest BCUT2D eigenvalue weighted by atomic mass is 32.2. The summed E-state index contributed by atoms with van der Waals surface area (Å²) in [7, 11) is -3.65. The summed E-state index contributed by atoms with van der Waals surface area (Å²) in [5, 5.41) is 0. The second-order valence-corrected chi connectivity index (χ2v) is 8.47. The number of thioether (sulfide) groups is 1. The Bertz CT molecular complexity index is 896. The topological polar surface area (TPSA) is 98.5 Å². The highest BCUT2D eigenvalue weighted by molar-refractivity contribution is 7.99. The third-order valence-electron chi connectivity index (χ3n) is 3.32. The van der Waals surface area contributed by atoms with E-state index in [0.29, 0.717) is 0 Å². The summed E-state index contributed by atoms with van der Waals surface area (Å²) in [5.74, 6) is -3.23. The van der Waals surface area contributed by atoms with E-state index in [0.717, 1.165) is 29.5 Å². The summed E-state index contributed by atoms with van der Waals surface area (Å²) in [4.78, 5) is 11.0. The molecule has 0 saturated heterocycles. The first-order valence-corrected chi connectivity index (χ1v) is 10.2. The SMILES string of the molecule is Cc1ccc(S(=O)(=O)NCCSc2cc(F)c(OCC(N)=O)c(F)c2)cc1. The number of nitrogens with two attached hydrogens (primary N) is 1. The van der Waals surface area contributed by atoms with Gasteiger partial charge in [0.25, 0.3) is 5.91 Å². The molecule has 0 aromatic heterocycles. The van der Waals surface area contributed by atoms with Crippen LogP contribution in [0.25, 0.3) is 0 Å². The molecule has 27 heavy (non-hydrogen) atoms. The number of amides is 1. The van der Waals surface area contributed by atoms with E-state index in [4.69, 9.17) is 5.73 Å². The van der Waals surface area contributed by atoms with Crippen LogP contribution in [0.1, 0.15) is 5.56 Å². The monoisotopic (exact) mass is 416 g/mol. The van der Waals surface area contributed by atoms with Gasteiger partial charge >= 0.3 is 0 Å². The van der Waals surface area contributed by atoms with Gasteiger partial charge in [0.2, 0.25) is 10.0 Å². The van der Waals surface area contributed by atoms with Crippen LogP contribution in [-0.2, 0) is 14.8 Å². The van der Waals surface area contributed by atoms with Gasteiger partial charge in [-0.15, -0.1) is 11.8 Å². The minimum atomic E-state index is -3.65. The fourth-order valence-electron chi connectivity index (χ4n) is 2.05. The summed E-state index contributed by atoms with van der Waals surface area (Å²) in [6, 6.07) is 8.46. The Hall–Kier alpha value is -2.17. The Labute approximate surface area is 160 Å². The van der Waals surface area contributed by atoms with Crippen molar-refractivity contribution in [2.75, 3.05) is 18.9 Å². The molecular weight excluding hydrogens is 398 g/mol. The molecule has 0 saturated carbocycles. The van der Waals surface area contributed by atoms with Gasteiger partial charge in [0, 0.05) is 17.2 Å². The highest BCUT2D eigenvalue weighted by Crippen LogP contribution is 2.28. The maximum Gasteiger partial charge on any atom is 0.255 e. The van der Waals surface area contributed by atoms with Crippen molar-refractivity contribution in [3.05, 3.63) is 53.6 Å². The number of carbonyl (C=O) groups excluding carboxylic acids is 1. The third kappa shape index (κ3) is 6.19. The third-order valence-corrected chi connectivity index (χ3v) is 5.78. The number of nitrogens with one attached hydrogen (secondary N) is 1. The molecule has 0 aliphatic heterocycles. The Morgan fingerprint density at radius 3 is 2.33 bits per heavy atom. The number of carbonyl (C=O) groups is 1. The number of ether oxygens (including phenoxy) is 1. The first-order chi connectivity index (χ1) is 12.7. The van der Waals surface area contributed by atoms with Gasteiger partial charge in [-0.25, -0.2) is 21.9 Å².